The van der Waals surface area contributed by atoms with Gasteiger partial charge in [-0.15, -0.1) is 0 Å². The zero-order chi connectivity index (χ0) is 11.0. The lowest BCUT2D eigenvalue weighted by atomic mass is 10.4. The zero-order valence-electron chi connectivity index (χ0n) is 8.54. The van der Waals surface area contributed by atoms with Crippen LogP contribution in [0.2, 0.25) is 0 Å². The summed E-state index contributed by atoms with van der Waals surface area (Å²) in [5.41, 5.74) is 0. The number of urea groups is 1. The van der Waals surface area contributed by atoms with Crippen LogP contribution in [-0.4, -0.2) is 55.7 Å². The van der Waals surface area contributed by atoms with Gasteiger partial charge >= 0.3 is 12.0 Å². The molecule has 0 bridgehead atoms. The molecule has 0 spiro atoms. The van der Waals surface area contributed by atoms with Crippen molar-refractivity contribution >= 4 is 12.0 Å². The largest absolute Gasteiger partial charge is 0.480 e. The van der Waals surface area contributed by atoms with Crippen LogP contribution in [0.25, 0.3) is 0 Å². The molecule has 82 valence electrons. The highest BCUT2D eigenvalue weighted by Gasteiger charge is 2.08. The first kappa shape index (κ1) is 12.7. The topological polar surface area (TPSA) is 81.7 Å². The van der Waals surface area contributed by atoms with Crippen LogP contribution in [-0.2, 0) is 4.79 Å². The summed E-state index contributed by atoms with van der Waals surface area (Å²) in [6.07, 6.45) is 0.841. The van der Waals surface area contributed by atoms with Gasteiger partial charge in [0.1, 0.15) is 6.54 Å². The second-order valence-corrected chi connectivity index (χ2v) is 2.93. The second kappa shape index (κ2) is 7.14. The van der Waals surface area contributed by atoms with Crippen molar-refractivity contribution in [3.8, 4) is 0 Å². The summed E-state index contributed by atoms with van der Waals surface area (Å²) in [5.74, 6) is -1.04. The van der Waals surface area contributed by atoms with Crippen molar-refractivity contribution in [3.05, 3.63) is 0 Å². The average Bonchev–Trinajstić information content (AvgIpc) is 2.14. The lowest BCUT2D eigenvalue weighted by molar-refractivity contribution is -0.135. The number of carbonyl (C=O) groups excluding carboxylic acids is 1. The highest BCUT2D eigenvalue weighted by molar-refractivity contribution is 5.79. The minimum absolute atomic E-state index is 0.338. The molecule has 0 aliphatic carbocycles. The maximum absolute atomic E-state index is 11.2. The maximum Gasteiger partial charge on any atom is 0.323 e. The number of aliphatic carboxylic acids is 1. The molecular weight excluding hydrogens is 186 g/mol. The van der Waals surface area contributed by atoms with Gasteiger partial charge < -0.3 is 20.6 Å². The molecule has 0 saturated heterocycles. The van der Waals surface area contributed by atoms with E-state index in [4.69, 9.17) is 5.11 Å². The Morgan fingerprint density at radius 2 is 2.07 bits per heavy atom. The van der Waals surface area contributed by atoms with Gasteiger partial charge in [0.15, 0.2) is 0 Å². The minimum Gasteiger partial charge on any atom is -0.480 e. The lowest BCUT2D eigenvalue weighted by Crippen LogP contribution is -2.40. The van der Waals surface area contributed by atoms with Gasteiger partial charge in [-0.05, 0) is 20.0 Å². The molecule has 0 aromatic rings. The predicted octanol–water partition coefficient (Wildman–Crippen LogP) is -0.678. The Balaban J connectivity index is 3.59. The molecule has 0 aromatic heterocycles. The Bertz CT molecular complexity index is 196. The summed E-state index contributed by atoms with van der Waals surface area (Å²) < 4.78 is 0. The normalized spacial score (nSPS) is 9.57. The minimum atomic E-state index is -1.04. The fourth-order valence-electron chi connectivity index (χ4n) is 0.881. The van der Waals surface area contributed by atoms with Gasteiger partial charge in [-0.2, -0.15) is 0 Å². The smallest absolute Gasteiger partial charge is 0.323 e. The third-order valence-corrected chi connectivity index (χ3v) is 1.66. The fourth-order valence-corrected chi connectivity index (χ4v) is 0.881. The first-order chi connectivity index (χ1) is 6.57. The van der Waals surface area contributed by atoms with Gasteiger partial charge in [-0.25, -0.2) is 4.79 Å². The van der Waals surface area contributed by atoms with Crippen LogP contribution in [0, 0.1) is 0 Å². The molecule has 3 N–H and O–H groups in total. The number of nitrogens with one attached hydrogen (secondary N) is 2. The highest BCUT2D eigenvalue weighted by Crippen LogP contribution is 1.87. The molecule has 0 rings (SSSR count). The van der Waals surface area contributed by atoms with Crippen LogP contribution in [0.5, 0.6) is 0 Å². The lowest BCUT2D eigenvalue weighted by Gasteiger charge is -2.16. The van der Waals surface area contributed by atoms with Gasteiger partial charge in [0, 0.05) is 13.6 Å². The van der Waals surface area contributed by atoms with Gasteiger partial charge in [0.25, 0.3) is 0 Å². The van der Waals surface area contributed by atoms with Gasteiger partial charge in [-0.3, -0.25) is 4.79 Å². The van der Waals surface area contributed by atoms with Crippen LogP contribution in [0.15, 0.2) is 0 Å². The fraction of sp³-hybridized carbons (Fsp3) is 0.750. The number of carboxylic acid groups (broad SMARTS) is 1. The Morgan fingerprint density at radius 3 is 2.57 bits per heavy atom. The molecule has 0 atom stereocenters. The molecular formula is C8H17N3O3. The van der Waals surface area contributed by atoms with E-state index in [2.05, 4.69) is 10.6 Å². The summed E-state index contributed by atoms with van der Waals surface area (Å²) in [6, 6.07) is -0.358. The molecule has 14 heavy (non-hydrogen) atoms. The maximum atomic E-state index is 11.2. The molecule has 0 radical (unpaired) electrons. The average molecular weight is 203 g/mol. The van der Waals surface area contributed by atoms with Crippen molar-refractivity contribution in [2.45, 2.75) is 6.42 Å². The molecule has 6 nitrogen and oxygen atoms in total. The predicted molar refractivity (Wildman–Crippen MR) is 52.2 cm³/mol. The van der Waals surface area contributed by atoms with Crippen molar-refractivity contribution in [1.82, 2.24) is 15.5 Å². The number of amides is 2. The van der Waals surface area contributed by atoms with Crippen LogP contribution >= 0.6 is 0 Å². The quantitative estimate of drug-likeness (QED) is 0.500. The summed E-state index contributed by atoms with van der Waals surface area (Å²) in [5, 5.41) is 13.6. The number of hydrogen-bond donors (Lipinski definition) is 3. The van der Waals surface area contributed by atoms with E-state index in [1.54, 1.807) is 7.05 Å². The first-order valence-corrected chi connectivity index (χ1v) is 4.43. The van der Waals surface area contributed by atoms with Crippen LogP contribution in [0.4, 0.5) is 4.79 Å². The van der Waals surface area contributed by atoms with Crippen molar-refractivity contribution in [3.63, 3.8) is 0 Å². The molecule has 0 fully saturated rings. The summed E-state index contributed by atoms with van der Waals surface area (Å²) in [6.45, 7) is 1.10. The van der Waals surface area contributed by atoms with Gasteiger partial charge in [0.2, 0.25) is 0 Å². The Kier molecular flexibility index (Phi) is 6.47. The van der Waals surface area contributed by atoms with Gasteiger partial charge in [-0.1, -0.05) is 0 Å². The molecule has 0 aliphatic rings. The van der Waals surface area contributed by atoms with Crippen LogP contribution in [0.1, 0.15) is 6.42 Å². The number of nitrogens with zero attached hydrogens (tertiary/aromatic N) is 1. The molecule has 0 aliphatic heterocycles. The SMILES string of the molecule is CNCCCN(C)C(=O)NCC(=O)O. The number of rotatable bonds is 6. The van der Waals surface area contributed by atoms with Gasteiger partial charge in [0.05, 0.1) is 0 Å². The Labute approximate surface area is 83.3 Å². The Hall–Kier alpha value is -1.30. The highest BCUT2D eigenvalue weighted by atomic mass is 16.4. The summed E-state index contributed by atoms with van der Waals surface area (Å²) >= 11 is 0. The van der Waals surface area contributed by atoms with Crippen molar-refractivity contribution in [1.29, 1.82) is 0 Å². The third kappa shape index (κ3) is 6.24. The number of hydrogen-bond acceptors (Lipinski definition) is 3. The third-order valence-electron chi connectivity index (χ3n) is 1.66. The van der Waals surface area contributed by atoms with Crippen molar-refractivity contribution in [2.75, 3.05) is 33.7 Å². The Morgan fingerprint density at radius 1 is 1.43 bits per heavy atom. The van der Waals surface area contributed by atoms with E-state index < -0.39 is 5.97 Å². The van der Waals surface area contributed by atoms with E-state index in [0.29, 0.717) is 6.54 Å². The molecule has 0 heterocycles. The first-order valence-electron chi connectivity index (χ1n) is 4.43. The molecule has 2 amide bonds. The van der Waals surface area contributed by atoms with E-state index in [0.717, 1.165) is 13.0 Å². The molecule has 6 heteroatoms. The molecule has 0 aromatic carbocycles. The van der Waals surface area contributed by atoms with Crippen molar-refractivity contribution < 1.29 is 14.7 Å². The van der Waals surface area contributed by atoms with E-state index in [1.165, 1.54) is 4.90 Å². The van der Waals surface area contributed by atoms with Crippen LogP contribution < -0.4 is 10.6 Å². The number of carboxylic acids is 1. The monoisotopic (exact) mass is 203 g/mol. The van der Waals surface area contributed by atoms with E-state index in [1.807, 2.05) is 7.05 Å². The van der Waals surface area contributed by atoms with E-state index in [9.17, 15) is 9.59 Å². The number of carbonyl (C=O) groups is 2. The standard InChI is InChI=1S/C8H17N3O3/c1-9-4-3-5-11(2)8(14)10-6-7(12)13/h9H,3-6H2,1-2H3,(H,10,14)(H,12,13). The summed E-state index contributed by atoms with van der Waals surface area (Å²) in [7, 11) is 3.47. The molecule has 0 unspecified atom stereocenters. The molecule has 0 saturated carbocycles. The van der Waals surface area contributed by atoms with E-state index in [-0.39, 0.29) is 12.6 Å². The summed E-state index contributed by atoms with van der Waals surface area (Å²) in [4.78, 5) is 22.8. The van der Waals surface area contributed by atoms with E-state index >= 15 is 0 Å². The zero-order valence-corrected chi connectivity index (χ0v) is 8.54. The second-order valence-electron chi connectivity index (χ2n) is 2.93. The van der Waals surface area contributed by atoms with Crippen molar-refractivity contribution in [2.24, 2.45) is 0 Å². The van der Waals surface area contributed by atoms with Crippen LogP contribution in [0.3, 0.4) is 0 Å².